The van der Waals surface area contributed by atoms with Gasteiger partial charge in [0, 0.05) is 18.3 Å². The van der Waals surface area contributed by atoms with E-state index in [9.17, 15) is 9.59 Å². The van der Waals surface area contributed by atoms with Crippen LogP contribution < -0.4 is 5.32 Å². The lowest BCUT2D eigenvalue weighted by Gasteiger charge is -2.18. The maximum Gasteiger partial charge on any atom is 0.254 e. The van der Waals surface area contributed by atoms with Crippen molar-refractivity contribution in [2.75, 3.05) is 18.9 Å². The van der Waals surface area contributed by atoms with Gasteiger partial charge in [-0.2, -0.15) is 0 Å². The quantitative estimate of drug-likeness (QED) is 0.914. The molecule has 0 radical (unpaired) electrons. The Hall–Kier alpha value is -2.62. The van der Waals surface area contributed by atoms with Gasteiger partial charge in [0.2, 0.25) is 5.91 Å². The minimum absolute atomic E-state index is 0.0156. The predicted octanol–water partition coefficient (Wildman–Crippen LogP) is 3.58. The first-order valence-electron chi connectivity index (χ1n) is 8.12. The lowest BCUT2D eigenvalue weighted by molar-refractivity contribution is -0.116. The number of nitrogens with zero attached hydrogens (tertiary/aromatic N) is 1. The van der Waals surface area contributed by atoms with Crippen molar-refractivity contribution >= 4 is 17.5 Å². The summed E-state index contributed by atoms with van der Waals surface area (Å²) in [6, 6.07) is 13.4. The zero-order valence-corrected chi connectivity index (χ0v) is 14.7. The van der Waals surface area contributed by atoms with Gasteiger partial charge in [0.1, 0.15) is 0 Å². The van der Waals surface area contributed by atoms with Crippen molar-refractivity contribution in [3.63, 3.8) is 0 Å². The molecule has 4 nitrogen and oxygen atoms in total. The summed E-state index contributed by atoms with van der Waals surface area (Å²) in [5.41, 5.74) is 4.64. The molecule has 2 amide bonds. The van der Waals surface area contributed by atoms with E-state index < -0.39 is 0 Å². The molecule has 2 aromatic rings. The Bertz CT molecular complexity index is 736. The molecule has 0 spiro atoms. The van der Waals surface area contributed by atoms with Crippen LogP contribution in [0.1, 0.15) is 34.0 Å². The Morgan fingerprint density at radius 2 is 1.71 bits per heavy atom. The van der Waals surface area contributed by atoms with Gasteiger partial charge >= 0.3 is 0 Å². The van der Waals surface area contributed by atoms with Gasteiger partial charge in [-0.05, 0) is 55.2 Å². The van der Waals surface area contributed by atoms with Crippen molar-refractivity contribution < 1.29 is 9.59 Å². The van der Waals surface area contributed by atoms with Crippen LogP contribution in [0.2, 0.25) is 0 Å². The van der Waals surface area contributed by atoms with Crippen LogP contribution in [0.15, 0.2) is 42.5 Å². The number of carbonyl (C=O) groups is 2. The molecule has 0 aliphatic carbocycles. The molecule has 24 heavy (non-hydrogen) atoms. The van der Waals surface area contributed by atoms with Crippen molar-refractivity contribution in [3.8, 4) is 0 Å². The number of hydrogen-bond donors (Lipinski definition) is 1. The highest BCUT2D eigenvalue weighted by Crippen LogP contribution is 2.16. The molecule has 0 unspecified atom stereocenters. The van der Waals surface area contributed by atoms with Crippen LogP contribution in [0.25, 0.3) is 0 Å². The predicted molar refractivity (Wildman–Crippen MR) is 97.3 cm³/mol. The van der Waals surface area contributed by atoms with Crippen LogP contribution in [-0.2, 0) is 11.2 Å². The Labute approximate surface area is 143 Å². The number of carbonyl (C=O) groups excluding carboxylic acids is 2. The van der Waals surface area contributed by atoms with Gasteiger partial charge in [0.25, 0.3) is 5.91 Å². The summed E-state index contributed by atoms with van der Waals surface area (Å²) in [7, 11) is 1.64. The van der Waals surface area contributed by atoms with Crippen LogP contribution in [0, 0.1) is 13.8 Å². The number of nitrogens with one attached hydrogen (secondary N) is 1. The fraction of sp³-hybridized carbons (Fsp3) is 0.300. The molecule has 0 aliphatic rings. The third-order valence-electron chi connectivity index (χ3n) is 4.00. The molecule has 0 fully saturated rings. The monoisotopic (exact) mass is 324 g/mol. The molecular formula is C20H24N2O2. The molecule has 4 heteroatoms. The summed E-state index contributed by atoms with van der Waals surface area (Å²) in [4.78, 5) is 26.0. The fourth-order valence-electron chi connectivity index (χ4n) is 2.45. The molecule has 126 valence electrons. The molecule has 0 aromatic heterocycles. The Kier molecular flexibility index (Phi) is 5.74. The molecule has 1 N–H and O–H groups in total. The van der Waals surface area contributed by atoms with Crippen LogP contribution in [0.4, 0.5) is 5.69 Å². The Balaban J connectivity index is 1.99. The Morgan fingerprint density at radius 3 is 2.33 bits per heavy atom. The third-order valence-corrected chi connectivity index (χ3v) is 4.00. The lowest BCUT2D eigenvalue weighted by atomic mass is 10.1. The fourth-order valence-corrected chi connectivity index (χ4v) is 2.45. The first kappa shape index (κ1) is 17.7. The van der Waals surface area contributed by atoms with Gasteiger partial charge in [-0.15, -0.1) is 0 Å². The van der Waals surface area contributed by atoms with E-state index >= 15 is 0 Å². The number of rotatable bonds is 5. The maximum absolute atomic E-state index is 12.4. The average molecular weight is 324 g/mol. The highest BCUT2D eigenvalue weighted by atomic mass is 16.2. The second-order valence-corrected chi connectivity index (χ2v) is 6.08. The molecule has 2 rings (SSSR count). The second kappa shape index (κ2) is 7.77. The molecule has 0 aliphatic heterocycles. The normalized spacial score (nSPS) is 10.3. The number of likely N-dealkylation sites (N-methyl/N-ethyl adjacent to an activating group) is 1. The maximum atomic E-state index is 12.4. The summed E-state index contributed by atoms with van der Waals surface area (Å²) < 4.78 is 0. The second-order valence-electron chi connectivity index (χ2n) is 6.08. The number of anilines is 1. The molecule has 0 saturated carbocycles. The van der Waals surface area contributed by atoms with Crippen molar-refractivity contribution in [1.29, 1.82) is 0 Å². The van der Waals surface area contributed by atoms with E-state index in [0.29, 0.717) is 5.56 Å². The van der Waals surface area contributed by atoms with E-state index in [4.69, 9.17) is 0 Å². The molecular weight excluding hydrogens is 300 g/mol. The molecule has 2 aromatic carbocycles. The van der Waals surface area contributed by atoms with Crippen LogP contribution >= 0.6 is 0 Å². The minimum atomic E-state index is -0.204. The molecule has 0 atom stereocenters. The van der Waals surface area contributed by atoms with Gasteiger partial charge < -0.3 is 10.2 Å². The Morgan fingerprint density at radius 1 is 1.04 bits per heavy atom. The standard InChI is InChI=1S/C20H24N2O2/c1-5-16-8-10-17(11-9-16)20(24)22(4)13-19(23)21-18-12-14(2)6-7-15(18)3/h6-12H,5,13H2,1-4H3,(H,21,23). The van der Waals surface area contributed by atoms with Gasteiger partial charge in [-0.25, -0.2) is 0 Å². The summed E-state index contributed by atoms with van der Waals surface area (Å²) in [6.07, 6.45) is 0.933. The molecule has 0 heterocycles. The van der Waals surface area contributed by atoms with Crippen LogP contribution in [0.5, 0.6) is 0 Å². The van der Waals surface area contributed by atoms with Gasteiger partial charge in [0.15, 0.2) is 0 Å². The van der Waals surface area contributed by atoms with E-state index in [1.54, 1.807) is 19.2 Å². The zero-order chi connectivity index (χ0) is 17.7. The number of benzene rings is 2. The van der Waals surface area contributed by atoms with Gasteiger partial charge in [-0.1, -0.05) is 31.2 Å². The molecule has 0 saturated heterocycles. The minimum Gasteiger partial charge on any atom is -0.332 e. The van der Waals surface area contributed by atoms with Crippen LogP contribution in [-0.4, -0.2) is 30.3 Å². The lowest BCUT2D eigenvalue weighted by Crippen LogP contribution is -2.35. The van der Waals surface area contributed by atoms with Crippen molar-refractivity contribution in [2.45, 2.75) is 27.2 Å². The number of aryl methyl sites for hydroxylation is 3. The van der Waals surface area contributed by atoms with Crippen molar-refractivity contribution in [3.05, 3.63) is 64.7 Å². The molecule has 0 bridgehead atoms. The van der Waals surface area contributed by atoms with Gasteiger partial charge in [-0.3, -0.25) is 9.59 Å². The van der Waals surface area contributed by atoms with E-state index in [2.05, 4.69) is 12.2 Å². The largest absolute Gasteiger partial charge is 0.332 e. The summed E-state index contributed by atoms with van der Waals surface area (Å²) in [6.45, 7) is 6.01. The third kappa shape index (κ3) is 4.44. The van der Waals surface area contributed by atoms with Gasteiger partial charge in [0.05, 0.1) is 6.54 Å². The van der Waals surface area contributed by atoms with E-state index in [1.807, 2.05) is 44.2 Å². The first-order valence-corrected chi connectivity index (χ1v) is 8.12. The SMILES string of the molecule is CCc1ccc(C(=O)N(C)CC(=O)Nc2cc(C)ccc2C)cc1. The summed E-state index contributed by atoms with van der Waals surface area (Å²) in [5.74, 6) is -0.363. The smallest absolute Gasteiger partial charge is 0.254 e. The first-order chi connectivity index (χ1) is 11.4. The highest BCUT2D eigenvalue weighted by Gasteiger charge is 2.15. The summed E-state index contributed by atoms with van der Waals surface area (Å²) >= 11 is 0. The van der Waals surface area contributed by atoms with Crippen molar-refractivity contribution in [2.24, 2.45) is 0 Å². The highest BCUT2D eigenvalue weighted by molar-refractivity contribution is 5.99. The average Bonchev–Trinajstić information content (AvgIpc) is 2.57. The number of amides is 2. The van der Waals surface area contributed by atoms with E-state index in [-0.39, 0.29) is 18.4 Å². The zero-order valence-electron chi connectivity index (χ0n) is 14.7. The van der Waals surface area contributed by atoms with E-state index in [0.717, 1.165) is 23.2 Å². The van der Waals surface area contributed by atoms with Crippen molar-refractivity contribution in [1.82, 2.24) is 4.90 Å². The van der Waals surface area contributed by atoms with Crippen LogP contribution in [0.3, 0.4) is 0 Å². The van der Waals surface area contributed by atoms with E-state index in [1.165, 1.54) is 10.5 Å². The topological polar surface area (TPSA) is 49.4 Å². The summed E-state index contributed by atoms with van der Waals surface area (Å²) in [5, 5.41) is 2.87. The number of hydrogen-bond acceptors (Lipinski definition) is 2.